The molecule has 0 saturated heterocycles. The molecule has 1 aromatic carbocycles. The van der Waals surface area contributed by atoms with Gasteiger partial charge in [0.15, 0.2) is 0 Å². The third kappa shape index (κ3) is 3.11. The summed E-state index contributed by atoms with van der Waals surface area (Å²) in [5, 5.41) is 4.08. The van der Waals surface area contributed by atoms with Gasteiger partial charge in [0, 0.05) is 11.5 Å². The fourth-order valence-corrected chi connectivity index (χ4v) is 1.93. The Morgan fingerprint density at radius 3 is 2.41 bits per heavy atom. The zero-order valence-electron chi connectivity index (χ0n) is 12.8. The molecular formula is C16H17N5O. The number of ether oxygens (including phenoxy) is 1. The van der Waals surface area contributed by atoms with Crippen molar-refractivity contribution in [1.82, 2.24) is 24.7 Å². The molecule has 2 aromatic heterocycles. The summed E-state index contributed by atoms with van der Waals surface area (Å²) in [6, 6.07) is 9.43. The summed E-state index contributed by atoms with van der Waals surface area (Å²) in [7, 11) is 0. The summed E-state index contributed by atoms with van der Waals surface area (Å²) >= 11 is 0. The van der Waals surface area contributed by atoms with Crippen LogP contribution in [0.1, 0.15) is 26.5 Å². The molecule has 0 aliphatic carbocycles. The molecule has 0 radical (unpaired) electrons. The van der Waals surface area contributed by atoms with E-state index in [1.165, 1.54) is 12.7 Å². The minimum atomic E-state index is -0.0437. The molecule has 0 spiro atoms. The van der Waals surface area contributed by atoms with Crippen LogP contribution in [-0.4, -0.2) is 24.7 Å². The van der Waals surface area contributed by atoms with Crippen LogP contribution in [-0.2, 0) is 5.41 Å². The highest BCUT2D eigenvalue weighted by Gasteiger charge is 2.16. The molecule has 2 heterocycles. The molecule has 0 aliphatic heterocycles. The van der Waals surface area contributed by atoms with Crippen LogP contribution < -0.4 is 4.74 Å². The predicted molar refractivity (Wildman–Crippen MR) is 82.2 cm³/mol. The van der Waals surface area contributed by atoms with Crippen molar-refractivity contribution in [2.45, 2.75) is 26.2 Å². The largest absolute Gasteiger partial charge is 0.439 e. The lowest BCUT2D eigenvalue weighted by molar-refractivity contribution is 0.454. The van der Waals surface area contributed by atoms with Gasteiger partial charge in [-0.1, -0.05) is 20.8 Å². The third-order valence-corrected chi connectivity index (χ3v) is 3.15. The van der Waals surface area contributed by atoms with Crippen LogP contribution in [0.25, 0.3) is 5.69 Å². The highest BCUT2D eigenvalue weighted by molar-refractivity contribution is 5.38. The summed E-state index contributed by atoms with van der Waals surface area (Å²) in [6.07, 6.45) is 4.68. The molecule has 112 valence electrons. The van der Waals surface area contributed by atoms with Crippen molar-refractivity contribution in [3.63, 3.8) is 0 Å². The van der Waals surface area contributed by atoms with E-state index < -0.39 is 0 Å². The Hall–Kier alpha value is -2.76. The first kappa shape index (κ1) is 14.2. The second kappa shape index (κ2) is 5.55. The fraction of sp³-hybridized carbons (Fsp3) is 0.250. The van der Waals surface area contributed by atoms with Crippen LogP contribution in [0.3, 0.4) is 0 Å². The molecule has 3 aromatic rings. The zero-order chi connectivity index (χ0) is 15.6. The zero-order valence-corrected chi connectivity index (χ0v) is 12.8. The van der Waals surface area contributed by atoms with E-state index in [4.69, 9.17) is 4.74 Å². The van der Waals surface area contributed by atoms with Gasteiger partial charge < -0.3 is 4.74 Å². The first-order chi connectivity index (χ1) is 10.5. The Morgan fingerprint density at radius 2 is 1.77 bits per heavy atom. The van der Waals surface area contributed by atoms with E-state index in [-0.39, 0.29) is 5.41 Å². The second-order valence-electron chi connectivity index (χ2n) is 5.93. The Labute approximate surface area is 128 Å². The van der Waals surface area contributed by atoms with Gasteiger partial charge in [0.05, 0.1) is 11.4 Å². The van der Waals surface area contributed by atoms with Gasteiger partial charge in [0.2, 0.25) is 5.88 Å². The lowest BCUT2D eigenvalue weighted by Gasteiger charge is -2.17. The average Bonchev–Trinajstić information content (AvgIpc) is 3.02. The molecule has 3 rings (SSSR count). The van der Waals surface area contributed by atoms with Crippen LogP contribution in [0.15, 0.2) is 49.3 Å². The topological polar surface area (TPSA) is 65.7 Å². The maximum absolute atomic E-state index is 5.79. The molecule has 0 bridgehead atoms. The summed E-state index contributed by atoms with van der Waals surface area (Å²) in [5.41, 5.74) is 1.82. The molecule has 6 nitrogen and oxygen atoms in total. The van der Waals surface area contributed by atoms with Crippen molar-refractivity contribution in [3.05, 3.63) is 55.0 Å². The number of hydrogen-bond donors (Lipinski definition) is 0. The Bertz CT molecular complexity index is 745. The predicted octanol–water partition coefficient (Wildman–Crippen LogP) is 3.15. The number of aromatic nitrogens is 5. The average molecular weight is 295 g/mol. The van der Waals surface area contributed by atoms with Crippen molar-refractivity contribution in [2.75, 3.05) is 0 Å². The highest BCUT2D eigenvalue weighted by atomic mass is 16.5. The van der Waals surface area contributed by atoms with Gasteiger partial charge in [0.1, 0.15) is 24.7 Å². The normalized spacial score (nSPS) is 11.4. The van der Waals surface area contributed by atoms with Gasteiger partial charge in [-0.2, -0.15) is 5.10 Å². The van der Waals surface area contributed by atoms with Crippen molar-refractivity contribution < 1.29 is 4.74 Å². The molecule has 22 heavy (non-hydrogen) atoms. The maximum atomic E-state index is 5.79. The van der Waals surface area contributed by atoms with Crippen LogP contribution in [0.4, 0.5) is 0 Å². The molecule has 6 heteroatoms. The summed E-state index contributed by atoms with van der Waals surface area (Å²) in [5.74, 6) is 1.25. The summed E-state index contributed by atoms with van der Waals surface area (Å²) < 4.78 is 7.48. The minimum absolute atomic E-state index is 0.0437. The highest BCUT2D eigenvalue weighted by Crippen LogP contribution is 2.25. The maximum Gasteiger partial charge on any atom is 0.222 e. The molecule has 0 atom stereocenters. The van der Waals surface area contributed by atoms with Gasteiger partial charge in [-0.05, 0) is 24.3 Å². The van der Waals surface area contributed by atoms with Gasteiger partial charge in [-0.3, -0.25) is 0 Å². The number of nitrogens with zero attached hydrogens (tertiary/aromatic N) is 5. The van der Waals surface area contributed by atoms with Crippen LogP contribution in [0, 0.1) is 0 Å². The molecule has 0 aliphatic rings. The van der Waals surface area contributed by atoms with Gasteiger partial charge in [-0.15, -0.1) is 0 Å². The van der Waals surface area contributed by atoms with Crippen LogP contribution in [0.5, 0.6) is 11.6 Å². The van der Waals surface area contributed by atoms with E-state index >= 15 is 0 Å². The first-order valence-electron chi connectivity index (χ1n) is 6.98. The second-order valence-corrected chi connectivity index (χ2v) is 5.93. The van der Waals surface area contributed by atoms with Crippen molar-refractivity contribution in [1.29, 1.82) is 0 Å². The molecule has 0 unspecified atom stereocenters. The van der Waals surface area contributed by atoms with Crippen LogP contribution in [0.2, 0.25) is 0 Å². The smallest absolute Gasteiger partial charge is 0.222 e. The quantitative estimate of drug-likeness (QED) is 0.742. The molecular weight excluding hydrogens is 278 g/mol. The fourth-order valence-electron chi connectivity index (χ4n) is 1.93. The number of benzene rings is 1. The van der Waals surface area contributed by atoms with Crippen molar-refractivity contribution in [3.8, 4) is 17.3 Å². The van der Waals surface area contributed by atoms with Crippen molar-refractivity contribution >= 4 is 0 Å². The monoisotopic (exact) mass is 295 g/mol. The standard InChI is InChI=1S/C16H17N5O/c1-16(2,3)14-8-15(19-10-18-14)22-13-6-4-12(5-7-13)21-11-17-9-20-21/h4-11H,1-3H3. The third-order valence-electron chi connectivity index (χ3n) is 3.15. The molecule has 0 amide bonds. The molecule has 0 saturated carbocycles. The lowest BCUT2D eigenvalue weighted by Crippen LogP contribution is -2.13. The summed E-state index contributed by atoms with van der Waals surface area (Å²) in [6.45, 7) is 6.31. The first-order valence-corrected chi connectivity index (χ1v) is 6.98. The van der Waals surface area contributed by atoms with E-state index in [1.807, 2.05) is 30.3 Å². The Morgan fingerprint density at radius 1 is 1.00 bits per heavy atom. The Kier molecular flexibility index (Phi) is 3.58. The van der Waals surface area contributed by atoms with E-state index in [0.29, 0.717) is 11.6 Å². The summed E-state index contributed by atoms with van der Waals surface area (Å²) in [4.78, 5) is 12.4. The SMILES string of the molecule is CC(C)(C)c1cc(Oc2ccc(-n3cncn3)cc2)ncn1. The van der Waals surface area contributed by atoms with Gasteiger partial charge in [-0.25, -0.2) is 19.6 Å². The minimum Gasteiger partial charge on any atom is -0.439 e. The number of rotatable bonds is 3. The van der Waals surface area contributed by atoms with E-state index in [2.05, 4.69) is 40.8 Å². The van der Waals surface area contributed by atoms with Crippen molar-refractivity contribution in [2.24, 2.45) is 0 Å². The van der Waals surface area contributed by atoms with Gasteiger partial charge in [0.25, 0.3) is 0 Å². The van der Waals surface area contributed by atoms with Gasteiger partial charge >= 0.3 is 0 Å². The van der Waals surface area contributed by atoms with E-state index in [0.717, 1.165) is 11.4 Å². The van der Waals surface area contributed by atoms with Crippen LogP contribution >= 0.6 is 0 Å². The Balaban J connectivity index is 1.79. The lowest BCUT2D eigenvalue weighted by atomic mass is 9.92. The van der Waals surface area contributed by atoms with E-state index in [9.17, 15) is 0 Å². The number of hydrogen-bond acceptors (Lipinski definition) is 5. The molecule has 0 fully saturated rings. The van der Waals surface area contributed by atoms with E-state index in [1.54, 1.807) is 11.0 Å². The molecule has 0 N–H and O–H groups in total.